The number of hydrogen-bond donors (Lipinski definition) is 1. The highest BCUT2D eigenvalue weighted by atomic mass is 127. The molecule has 3 aromatic carbocycles. The predicted octanol–water partition coefficient (Wildman–Crippen LogP) is 4.87. The Kier molecular flexibility index (Phi) is 5.35. The van der Waals surface area contributed by atoms with E-state index in [-0.39, 0.29) is 11.3 Å². The third kappa shape index (κ3) is 4.02. The number of aromatic hydroxyl groups is 1. The summed E-state index contributed by atoms with van der Waals surface area (Å²) in [6.45, 7) is 0. The number of rotatable bonds is 4. The van der Waals surface area contributed by atoms with Gasteiger partial charge in [-0.1, -0.05) is 18.2 Å². The molecule has 4 aromatic rings. The summed E-state index contributed by atoms with van der Waals surface area (Å²) in [6, 6.07) is 19.8. The second-order valence-corrected chi connectivity index (χ2v) is 7.64. The second-order valence-electron chi connectivity index (χ2n) is 6.39. The first-order chi connectivity index (χ1) is 14.0. The lowest BCUT2D eigenvalue weighted by Gasteiger charge is -2.12. The van der Waals surface area contributed by atoms with Gasteiger partial charge in [0.2, 0.25) is 0 Å². The summed E-state index contributed by atoms with van der Waals surface area (Å²) in [6.07, 6.45) is 3.66. The number of nitrogens with zero attached hydrogens (tertiary/aromatic N) is 2. The first kappa shape index (κ1) is 19.2. The van der Waals surface area contributed by atoms with E-state index in [9.17, 15) is 9.90 Å². The van der Waals surface area contributed by atoms with E-state index in [1.54, 1.807) is 42.0 Å². The van der Waals surface area contributed by atoms with Crippen molar-refractivity contribution in [3.63, 3.8) is 0 Å². The highest BCUT2D eigenvalue weighted by molar-refractivity contribution is 14.1. The molecule has 0 saturated heterocycles. The zero-order valence-electron chi connectivity index (χ0n) is 15.5. The Hall–Kier alpha value is -3.13. The third-order valence-corrected chi connectivity index (χ3v) is 5.18. The molecular formula is C23H17IN2O3. The number of methoxy groups -OCH3 is 1. The minimum Gasteiger partial charge on any atom is -0.508 e. The molecule has 0 radical (unpaired) electrons. The molecule has 1 heterocycles. The van der Waals surface area contributed by atoms with Crippen LogP contribution in [0.1, 0.15) is 11.4 Å². The number of hydrogen-bond acceptors (Lipinski definition) is 4. The maximum absolute atomic E-state index is 13.3. The van der Waals surface area contributed by atoms with Gasteiger partial charge in [0, 0.05) is 3.57 Å². The van der Waals surface area contributed by atoms with Gasteiger partial charge in [-0.3, -0.25) is 9.36 Å². The number of phenols is 1. The Bertz CT molecular complexity index is 1260. The molecule has 1 N–H and O–H groups in total. The lowest BCUT2D eigenvalue weighted by molar-refractivity contribution is 0.414. The Morgan fingerprint density at radius 1 is 1.00 bits per heavy atom. The summed E-state index contributed by atoms with van der Waals surface area (Å²) in [5.41, 5.74) is 2.10. The van der Waals surface area contributed by atoms with Gasteiger partial charge in [0.05, 0.1) is 23.7 Å². The molecule has 0 unspecified atom stereocenters. The summed E-state index contributed by atoms with van der Waals surface area (Å²) in [5.74, 6) is 1.43. The van der Waals surface area contributed by atoms with Gasteiger partial charge in [-0.2, -0.15) is 0 Å². The van der Waals surface area contributed by atoms with Gasteiger partial charge in [-0.15, -0.1) is 0 Å². The van der Waals surface area contributed by atoms with E-state index in [0.717, 1.165) is 9.13 Å². The van der Waals surface area contributed by atoms with Gasteiger partial charge < -0.3 is 9.84 Å². The van der Waals surface area contributed by atoms with E-state index >= 15 is 0 Å². The molecule has 5 nitrogen and oxygen atoms in total. The van der Waals surface area contributed by atoms with Crippen molar-refractivity contribution < 1.29 is 9.84 Å². The van der Waals surface area contributed by atoms with Gasteiger partial charge in [0.25, 0.3) is 5.56 Å². The highest BCUT2D eigenvalue weighted by Gasteiger charge is 2.12. The average molecular weight is 496 g/mol. The summed E-state index contributed by atoms with van der Waals surface area (Å²) < 4.78 is 7.79. The number of halogens is 1. The minimum atomic E-state index is -0.135. The number of phenolic OH excluding ortho intramolecular Hbond substituents is 1. The Morgan fingerprint density at radius 3 is 2.41 bits per heavy atom. The van der Waals surface area contributed by atoms with E-state index in [4.69, 9.17) is 9.72 Å². The lowest BCUT2D eigenvalue weighted by Crippen LogP contribution is -2.22. The van der Waals surface area contributed by atoms with E-state index in [1.165, 1.54) is 0 Å². The van der Waals surface area contributed by atoms with Gasteiger partial charge in [0.1, 0.15) is 17.3 Å². The standard InChI is InChI=1S/C23H17IN2O3/c1-29-19-10-6-17(7-11-19)26-22(13-4-15-2-8-18(27)9-3-15)25-21-12-5-16(24)14-20(21)23(26)28/h2-14,27H,1H3. The molecule has 0 atom stereocenters. The summed E-state index contributed by atoms with van der Waals surface area (Å²) in [5, 5.41) is 10.0. The molecule has 0 aliphatic carbocycles. The molecule has 4 rings (SSSR count). The minimum absolute atomic E-state index is 0.135. The summed E-state index contributed by atoms with van der Waals surface area (Å²) in [4.78, 5) is 18.1. The first-order valence-electron chi connectivity index (χ1n) is 8.89. The zero-order valence-corrected chi connectivity index (χ0v) is 17.7. The quantitative estimate of drug-likeness (QED) is 0.410. The number of aromatic nitrogens is 2. The maximum atomic E-state index is 13.3. The van der Waals surface area contributed by atoms with Crippen molar-refractivity contribution in [1.29, 1.82) is 0 Å². The SMILES string of the molecule is COc1ccc(-n2c(C=Cc3ccc(O)cc3)nc3ccc(I)cc3c2=O)cc1. The number of ether oxygens (including phenoxy) is 1. The molecule has 0 aliphatic heterocycles. The fourth-order valence-corrected chi connectivity index (χ4v) is 3.51. The maximum Gasteiger partial charge on any atom is 0.266 e. The largest absolute Gasteiger partial charge is 0.508 e. The van der Waals surface area contributed by atoms with Crippen molar-refractivity contribution in [3.05, 3.63) is 92.0 Å². The molecule has 0 saturated carbocycles. The van der Waals surface area contributed by atoms with E-state index in [0.29, 0.717) is 28.2 Å². The molecule has 144 valence electrons. The fourth-order valence-electron chi connectivity index (χ4n) is 3.02. The average Bonchev–Trinajstić information content (AvgIpc) is 2.74. The van der Waals surface area contributed by atoms with Crippen LogP contribution in [-0.2, 0) is 0 Å². The van der Waals surface area contributed by atoms with E-state index in [1.807, 2.05) is 48.5 Å². The topological polar surface area (TPSA) is 64.3 Å². The van der Waals surface area contributed by atoms with E-state index in [2.05, 4.69) is 22.6 Å². The highest BCUT2D eigenvalue weighted by Crippen LogP contribution is 2.20. The van der Waals surface area contributed by atoms with Crippen LogP contribution in [0.3, 0.4) is 0 Å². The van der Waals surface area contributed by atoms with Gasteiger partial charge in [0.15, 0.2) is 0 Å². The molecule has 0 spiro atoms. The normalized spacial score (nSPS) is 11.2. The van der Waals surface area contributed by atoms with Crippen molar-refractivity contribution in [1.82, 2.24) is 9.55 Å². The van der Waals surface area contributed by atoms with E-state index < -0.39 is 0 Å². The van der Waals surface area contributed by atoms with Crippen molar-refractivity contribution in [2.75, 3.05) is 7.11 Å². The fraction of sp³-hybridized carbons (Fsp3) is 0.0435. The Balaban J connectivity index is 1.91. The van der Waals surface area contributed by atoms with Crippen LogP contribution in [0.25, 0.3) is 28.7 Å². The summed E-state index contributed by atoms with van der Waals surface area (Å²) >= 11 is 2.19. The number of fused-ring (bicyclic) bond motifs is 1. The Labute approximate surface area is 181 Å². The smallest absolute Gasteiger partial charge is 0.266 e. The van der Waals surface area contributed by atoms with Crippen LogP contribution in [0.15, 0.2) is 71.5 Å². The monoisotopic (exact) mass is 496 g/mol. The van der Waals surface area contributed by atoms with Crippen LogP contribution in [0.4, 0.5) is 0 Å². The van der Waals surface area contributed by atoms with Crippen LogP contribution < -0.4 is 10.3 Å². The molecule has 0 bridgehead atoms. The van der Waals surface area contributed by atoms with Crippen LogP contribution in [0.5, 0.6) is 11.5 Å². The van der Waals surface area contributed by atoms with Crippen LogP contribution in [0.2, 0.25) is 0 Å². The van der Waals surface area contributed by atoms with Crippen molar-refractivity contribution >= 4 is 45.6 Å². The first-order valence-corrected chi connectivity index (χ1v) is 9.97. The second kappa shape index (κ2) is 8.08. The van der Waals surface area contributed by atoms with Crippen LogP contribution in [0, 0.1) is 3.57 Å². The molecule has 1 aromatic heterocycles. The van der Waals surface area contributed by atoms with Crippen LogP contribution in [-0.4, -0.2) is 21.8 Å². The molecule has 6 heteroatoms. The predicted molar refractivity (Wildman–Crippen MR) is 124 cm³/mol. The molecule has 0 aliphatic rings. The number of benzene rings is 3. The van der Waals surface area contributed by atoms with Crippen molar-refractivity contribution in [2.24, 2.45) is 0 Å². The van der Waals surface area contributed by atoms with Crippen LogP contribution >= 0.6 is 22.6 Å². The van der Waals surface area contributed by atoms with Crippen molar-refractivity contribution in [3.8, 4) is 17.2 Å². The third-order valence-electron chi connectivity index (χ3n) is 4.50. The van der Waals surface area contributed by atoms with Gasteiger partial charge in [-0.05, 0) is 88.8 Å². The van der Waals surface area contributed by atoms with Gasteiger partial charge >= 0.3 is 0 Å². The molecule has 0 fully saturated rings. The summed E-state index contributed by atoms with van der Waals surface area (Å²) in [7, 11) is 1.60. The van der Waals surface area contributed by atoms with Gasteiger partial charge in [-0.25, -0.2) is 4.98 Å². The zero-order chi connectivity index (χ0) is 20.4. The van der Waals surface area contributed by atoms with Crippen molar-refractivity contribution in [2.45, 2.75) is 0 Å². The lowest BCUT2D eigenvalue weighted by atomic mass is 10.2. The molecule has 29 heavy (non-hydrogen) atoms. The molecule has 0 amide bonds. The molecular weight excluding hydrogens is 479 g/mol. The Morgan fingerprint density at radius 2 is 1.72 bits per heavy atom.